The molecule has 0 amide bonds. The molecule has 2 aliphatic carbocycles. The van der Waals surface area contributed by atoms with Gasteiger partial charge in [0, 0.05) is 22.1 Å². The minimum atomic E-state index is 0.0267. The summed E-state index contributed by atoms with van der Waals surface area (Å²) in [5, 5.41) is 1.19. The van der Waals surface area contributed by atoms with Gasteiger partial charge in [-0.05, 0) is 97.6 Å². The standard InChI is InChI=1S/C53H50N4/c1-6-9-14-23-38(4)44-33-36-48-46(37-44)45-34-31-41(40-25-16-11-17-26-40)32-35-47(45)57(48)49(22-8-3)50(39(5)24-15-10-7-2)53-55-51(42-27-18-12-19-28-42)54-52(56-53)43-29-20-13-21-30-43/h6-12,14-20,22-23,25-33,35-37,39H,2,4,13,21,24,34H2,1,3,5H3/b9-6-,15-10-,22-8-,23-14-,50-49-. The van der Waals surface area contributed by atoms with Gasteiger partial charge in [0.05, 0.1) is 16.9 Å². The van der Waals surface area contributed by atoms with Gasteiger partial charge in [-0.15, -0.1) is 0 Å². The Morgan fingerprint density at radius 1 is 0.772 bits per heavy atom. The van der Waals surface area contributed by atoms with Crippen LogP contribution in [0.4, 0.5) is 0 Å². The van der Waals surface area contributed by atoms with Gasteiger partial charge in [-0.1, -0.05) is 166 Å². The first-order valence-corrected chi connectivity index (χ1v) is 19.9. The fourth-order valence-electron chi connectivity index (χ4n) is 7.54. The van der Waals surface area contributed by atoms with Gasteiger partial charge in [0.1, 0.15) is 0 Å². The van der Waals surface area contributed by atoms with Gasteiger partial charge in [0.25, 0.3) is 0 Å². The SMILES string of the molecule is C=C/C=C\CC(C)/C(=C(\C=C/C)n1c2c(c3cc(C(=C)/C=C\C=C/C)ccc31)CC=C(c1ccccc1)C=C2)c1nc(C2=CCCC=C2)nc(-c2ccccc2)n1. The molecule has 282 valence electrons. The van der Waals surface area contributed by atoms with E-state index >= 15 is 0 Å². The second kappa shape index (κ2) is 18.3. The van der Waals surface area contributed by atoms with E-state index in [4.69, 9.17) is 15.0 Å². The maximum atomic E-state index is 5.34. The Bertz CT molecular complexity index is 2560. The van der Waals surface area contributed by atoms with Crippen molar-refractivity contribution in [1.82, 2.24) is 19.5 Å². The van der Waals surface area contributed by atoms with Crippen LogP contribution in [0.5, 0.6) is 0 Å². The third kappa shape index (κ3) is 8.61. The number of rotatable bonds is 13. The van der Waals surface area contributed by atoms with Crippen LogP contribution >= 0.6 is 0 Å². The fourth-order valence-corrected chi connectivity index (χ4v) is 7.54. The Balaban J connectivity index is 1.54. The third-order valence-corrected chi connectivity index (χ3v) is 10.4. The molecule has 2 heterocycles. The Hall–Kier alpha value is -6.65. The molecule has 0 fully saturated rings. The van der Waals surface area contributed by atoms with Gasteiger partial charge in [-0.25, -0.2) is 15.0 Å². The normalized spacial score (nSPS) is 15.3. The number of benzene rings is 3. The van der Waals surface area contributed by atoms with Gasteiger partial charge in [-0.3, -0.25) is 0 Å². The second-order valence-corrected chi connectivity index (χ2v) is 14.3. The van der Waals surface area contributed by atoms with Crippen molar-refractivity contribution in [1.29, 1.82) is 0 Å². The van der Waals surface area contributed by atoms with Crippen LogP contribution in [0.15, 0.2) is 177 Å². The molecule has 3 aromatic carbocycles. The molecule has 1 atom stereocenters. The van der Waals surface area contributed by atoms with Crippen LogP contribution in [0.2, 0.25) is 0 Å². The van der Waals surface area contributed by atoms with Gasteiger partial charge >= 0.3 is 0 Å². The molecule has 4 nitrogen and oxygen atoms in total. The summed E-state index contributed by atoms with van der Waals surface area (Å²) >= 11 is 0. The van der Waals surface area contributed by atoms with E-state index in [0.717, 1.165) is 70.4 Å². The lowest BCUT2D eigenvalue weighted by Crippen LogP contribution is -2.13. The van der Waals surface area contributed by atoms with E-state index in [1.54, 1.807) is 0 Å². The lowest BCUT2D eigenvalue weighted by Gasteiger charge is -2.22. The van der Waals surface area contributed by atoms with Crippen molar-refractivity contribution in [2.75, 3.05) is 0 Å². The molecule has 2 aromatic heterocycles. The number of fused-ring (bicyclic) bond motifs is 3. The second-order valence-electron chi connectivity index (χ2n) is 14.3. The van der Waals surface area contributed by atoms with Gasteiger partial charge < -0.3 is 4.57 Å². The third-order valence-electron chi connectivity index (χ3n) is 10.4. The highest BCUT2D eigenvalue weighted by Gasteiger charge is 2.26. The Kier molecular flexibility index (Phi) is 12.4. The molecular weight excluding hydrogens is 693 g/mol. The van der Waals surface area contributed by atoms with E-state index < -0.39 is 0 Å². The van der Waals surface area contributed by atoms with Crippen LogP contribution in [0.3, 0.4) is 0 Å². The minimum absolute atomic E-state index is 0.0267. The van der Waals surface area contributed by atoms with Crippen LogP contribution in [0, 0.1) is 5.92 Å². The summed E-state index contributed by atoms with van der Waals surface area (Å²) in [6.45, 7) is 14.8. The predicted octanol–water partition coefficient (Wildman–Crippen LogP) is 13.7. The van der Waals surface area contributed by atoms with Crippen molar-refractivity contribution >= 4 is 45.0 Å². The molecule has 1 unspecified atom stereocenters. The molecule has 0 spiro atoms. The quantitative estimate of drug-likeness (QED) is 0.113. The zero-order chi connectivity index (χ0) is 39.6. The number of nitrogens with zero attached hydrogens (tertiary/aromatic N) is 4. The number of allylic oxidation sites excluding steroid dienone is 19. The summed E-state index contributed by atoms with van der Waals surface area (Å²) in [5.41, 5.74) is 12.0. The van der Waals surface area contributed by atoms with E-state index in [1.165, 1.54) is 22.1 Å². The van der Waals surface area contributed by atoms with E-state index in [2.05, 4.69) is 153 Å². The average Bonchev–Trinajstić information content (AvgIpc) is 3.39. The van der Waals surface area contributed by atoms with Crippen molar-refractivity contribution in [2.24, 2.45) is 5.92 Å². The highest BCUT2D eigenvalue weighted by atomic mass is 15.1. The molecule has 0 bridgehead atoms. The van der Waals surface area contributed by atoms with Crippen LogP contribution in [-0.2, 0) is 6.42 Å². The fraction of sp³-hybridized carbons (Fsp3) is 0.151. The molecule has 2 aliphatic rings. The summed E-state index contributed by atoms with van der Waals surface area (Å²) in [6, 6.07) is 27.6. The first-order chi connectivity index (χ1) is 28.0. The van der Waals surface area contributed by atoms with Crippen LogP contribution in [0.25, 0.3) is 56.4 Å². The summed E-state index contributed by atoms with van der Waals surface area (Å²) < 4.78 is 2.43. The van der Waals surface area contributed by atoms with Crippen molar-refractivity contribution in [3.63, 3.8) is 0 Å². The zero-order valence-corrected chi connectivity index (χ0v) is 33.3. The van der Waals surface area contributed by atoms with Crippen molar-refractivity contribution < 1.29 is 0 Å². The monoisotopic (exact) mass is 742 g/mol. The van der Waals surface area contributed by atoms with Gasteiger partial charge in [0.2, 0.25) is 0 Å². The minimum Gasteiger partial charge on any atom is -0.309 e. The Morgan fingerprint density at radius 3 is 2.26 bits per heavy atom. The van der Waals surface area contributed by atoms with E-state index in [9.17, 15) is 0 Å². The maximum absolute atomic E-state index is 5.34. The maximum Gasteiger partial charge on any atom is 0.164 e. The largest absolute Gasteiger partial charge is 0.309 e. The first kappa shape index (κ1) is 38.6. The number of hydrogen-bond acceptors (Lipinski definition) is 3. The smallest absolute Gasteiger partial charge is 0.164 e. The average molecular weight is 743 g/mol. The highest BCUT2D eigenvalue weighted by Crippen LogP contribution is 2.40. The van der Waals surface area contributed by atoms with Crippen LogP contribution in [-0.4, -0.2) is 19.5 Å². The summed E-state index contributed by atoms with van der Waals surface area (Å²) in [5.74, 6) is 2.03. The molecule has 4 heteroatoms. The lowest BCUT2D eigenvalue weighted by molar-refractivity contribution is 0.751. The van der Waals surface area contributed by atoms with Crippen LogP contribution in [0.1, 0.15) is 74.1 Å². The summed E-state index contributed by atoms with van der Waals surface area (Å²) in [6.07, 6.45) is 35.6. The molecule has 5 aromatic rings. The van der Waals surface area contributed by atoms with Gasteiger partial charge in [-0.2, -0.15) is 0 Å². The van der Waals surface area contributed by atoms with Gasteiger partial charge in [0.15, 0.2) is 17.5 Å². The first-order valence-electron chi connectivity index (χ1n) is 19.9. The van der Waals surface area contributed by atoms with E-state index in [1.807, 2.05) is 55.5 Å². The molecule has 0 aliphatic heterocycles. The molecular formula is C53H50N4. The van der Waals surface area contributed by atoms with Crippen molar-refractivity contribution in [2.45, 2.75) is 46.5 Å². The van der Waals surface area contributed by atoms with Crippen molar-refractivity contribution in [3.8, 4) is 11.4 Å². The molecule has 0 saturated heterocycles. The highest BCUT2D eigenvalue weighted by molar-refractivity contribution is 6.00. The zero-order valence-electron chi connectivity index (χ0n) is 33.3. The summed E-state index contributed by atoms with van der Waals surface area (Å²) in [7, 11) is 0. The Labute approximate surface area is 338 Å². The number of aromatic nitrogens is 4. The predicted molar refractivity (Wildman–Crippen MR) is 245 cm³/mol. The van der Waals surface area contributed by atoms with E-state index in [0.29, 0.717) is 17.5 Å². The van der Waals surface area contributed by atoms with Crippen LogP contribution < -0.4 is 0 Å². The molecule has 0 radical (unpaired) electrons. The van der Waals surface area contributed by atoms with Crippen molar-refractivity contribution in [3.05, 3.63) is 211 Å². The van der Waals surface area contributed by atoms with E-state index in [-0.39, 0.29) is 5.92 Å². The molecule has 0 N–H and O–H groups in total. The summed E-state index contributed by atoms with van der Waals surface area (Å²) in [4.78, 5) is 15.7. The number of hydrogen-bond donors (Lipinski definition) is 0. The topological polar surface area (TPSA) is 43.6 Å². The lowest BCUT2D eigenvalue weighted by atomic mass is 9.93. The Morgan fingerprint density at radius 2 is 1.54 bits per heavy atom. The molecule has 0 saturated carbocycles. The molecule has 7 rings (SSSR count). The molecule has 57 heavy (non-hydrogen) atoms.